The van der Waals surface area contributed by atoms with E-state index in [4.69, 9.17) is 4.74 Å². The minimum Gasteiger partial charge on any atom is -0.369 e. The number of sulfonamides is 1. The highest BCUT2D eigenvalue weighted by atomic mass is 32.2. The monoisotopic (exact) mass is 399 g/mol. The molecule has 0 saturated carbocycles. The van der Waals surface area contributed by atoms with Gasteiger partial charge in [0.2, 0.25) is 15.9 Å². The van der Waals surface area contributed by atoms with Gasteiger partial charge in [-0.3, -0.25) is 9.69 Å². The molecule has 4 rings (SSSR count). The molecule has 4 atom stereocenters. The maximum absolute atomic E-state index is 12.9. The van der Waals surface area contributed by atoms with Crippen LogP contribution in [0.15, 0.2) is 0 Å². The van der Waals surface area contributed by atoms with Crippen LogP contribution < -0.4 is 4.72 Å². The van der Waals surface area contributed by atoms with Crippen molar-refractivity contribution in [2.75, 3.05) is 45.0 Å². The summed E-state index contributed by atoms with van der Waals surface area (Å²) in [5.41, 5.74) is -0.237. The van der Waals surface area contributed by atoms with Crippen molar-refractivity contribution < 1.29 is 17.9 Å². The van der Waals surface area contributed by atoms with E-state index in [9.17, 15) is 13.2 Å². The summed E-state index contributed by atoms with van der Waals surface area (Å²) in [6.07, 6.45) is 4.44. The summed E-state index contributed by atoms with van der Waals surface area (Å²) >= 11 is 0. The molecule has 4 heterocycles. The number of hydrogen-bond donors (Lipinski definition) is 1. The Hall–Kier alpha value is -0.700. The molecular formula is C19H33N3O4S. The first-order chi connectivity index (χ1) is 12.8. The van der Waals surface area contributed by atoms with Crippen molar-refractivity contribution in [3.8, 4) is 0 Å². The number of nitrogens with one attached hydrogen (secondary N) is 1. The molecule has 0 aromatic carbocycles. The Morgan fingerprint density at radius 2 is 2.00 bits per heavy atom. The van der Waals surface area contributed by atoms with E-state index in [0.717, 1.165) is 31.8 Å². The average molecular weight is 400 g/mol. The van der Waals surface area contributed by atoms with Gasteiger partial charge in [-0.15, -0.1) is 0 Å². The SMILES string of the molecule is CCS(=O)(=O)NC[C@H]1[C@H]2CN(C(=O)CN3CCC(C)CC3)C[C@]23CC[C@H]1O3. The highest BCUT2D eigenvalue weighted by Crippen LogP contribution is 2.54. The van der Waals surface area contributed by atoms with Crippen LogP contribution in [0.2, 0.25) is 0 Å². The van der Waals surface area contributed by atoms with E-state index < -0.39 is 10.0 Å². The zero-order chi connectivity index (χ0) is 19.2. The minimum atomic E-state index is -3.20. The van der Waals surface area contributed by atoms with Gasteiger partial charge in [0.05, 0.1) is 30.5 Å². The van der Waals surface area contributed by atoms with Crippen LogP contribution in [-0.2, 0) is 19.6 Å². The number of amides is 1. The second-order valence-electron chi connectivity index (χ2n) is 9.01. The van der Waals surface area contributed by atoms with Crippen LogP contribution in [0.5, 0.6) is 0 Å². The molecule has 1 N–H and O–H groups in total. The number of hydrogen-bond acceptors (Lipinski definition) is 5. The quantitative estimate of drug-likeness (QED) is 0.710. The minimum absolute atomic E-state index is 0.0973. The zero-order valence-electron chi connectivity index (χ0n) is 16.5. The summed E-state index contributed by atoms with van der Waals surface area (Å²) in [6, 6.07) is 0. The summed E-state index contributed by atoms with van der Waals surface area (Å²) in [5, 5.41) is 0. The van der Waals surface area contributed by atoms with E-state index in [1.165, 1.54) is 12.8 Å². The number of nitrogens with zero attached hydrogens (tertiary/aromatic N) is 2. The van der Waals surface area contributed by atoms with Crippen LogP contribution in [-0.4, -0.2) is 80.9 Å². The Labute approximate surface area is 162 Å². The van der Waals surface area contributed by atoms with Crippen LogP contribution in [0.4, 0.5) is 0 Å². The van der Waals surface area contributed by atoms with Gasteiger partial charge in [-0.05, 0) is 51.6 Å². The van der Waals surface area contributed by atoms with E-state index in [1.54, 1.807) is 6.92 Å². The maximum atomic E-state index is 12.9. The Kier molecular flexibility index (Phi) is 5.29. The number of fused-ring (bicyclic) bond motifs is 1. The second kappa shape index (κ2) is 7.28. The number of carbonyl (C=O) groups excluding carboxylic acids is 1. The van der Waals surface area contributed by atoms with Gasteiger partial charge in [0.25, 0.3) is 0 Å². The summed E-state index contributed by atoms with van der Waals surface area (Å²) in [7, 11) is -3.20. The number of ether oxygens (including phenoxy) is 1. The summed E-state index contributed by atoms with van der Waals surface area (Å²) in [5.74, 6) is 1.49. The van der Waals surface area contributed by atoms with Gasteiger partial charge in [-0.1, -0.05) is 6.92 Å². The third-order valence-electron chi connectivity index (χ3n) is 7.29. The number of likely N-dealkylation sites (tertiary alicyclic amines) is 2. The molecule has 4 fully saturated rings. The molecule has 4 aliphatic heterocycles. The van der Waals surface area contributed by atoms with Crippen molar-refractivity contribution in [2.24, 2.45) is 17.8 Å². The fraction of sp³-hybridized carbons (Fsp3) is 0.947. The number of carbonyl (C=O) groups is 1. The highest BCUT2D eigenvalue weighted by Gasteiger charge is 2.63. The molecule has 0 aromatic rings. The molecular weight excluding hydrogens is 366 g/mol. The van der Waals surface area contributed by atoms with E-state index in [2.05, 4.69) is 16.5 Å². The highest BCUT2D eigenvalue weighted by molar-refractivity contribution is 7.89. The van der Waals surface area contributed by atoms with E-state index in [-0.39, 0.29) is 35.2 Å². The fourth-order valence-electron chi connectivity index (χ4n) is 5.49. The average Bonchev–Trinajstić information content (AvgIpc) is 3.30. The van der Waals surface area contributed by atoms with Crippen molar-refractivity contribution in [1.29, 1.82) is 0 Å². The molecule has 2 bridgehead atoms. The molecule has 4 saturated heterocycles. The first kappa shape index (κ1) is 19.6. The van der Waals surface area contributed by atoms with Crippen LogP contribution >= 0.6 is 0 Å². The number of rotatable bonds is 6. The van der Waals surface area contributed by atoms with Gasteiger partial charge in [0.1, 0.15) is 0 Å². The van der Waals surface area contributed by atoms with Crippen molar-refractivity contribution in [3.63, 3.8) is 0 Å². The van der Waals surface area contributed by atoms with E-state index >= 15 is 0 Å². The predicted octanol–water partition coefficient (Wildman–Crippen LogP) is 0.664. The van der Waals surface area contributed by atoms with Crippen LogP contribution in [0.25, 0.3) is 0 Å². The summed E-state index contributed by atoms with van der Waals surface area (Å²) < 4.78 is 32.8. The molecule has 0 aromatic heterocycles. The lowest BCUT2D eigenvalue weighted by Gasteiger charge is -2.31. The third kappa shape index (κ3) is 3.78. The largest absolute Gasteiger partial charge is 0.369 e. The van der Waals surface area contributed by atoms with Crippen molar-refractivity contribution in [2.45, 2.75) is 51.2 Å². The smallest absolute Gasteiger partial charge is 0.236 e. The van der Waals surface area contributed by atoms with Crippen LogP contribution in [0.1, 0.15) is 39.5 Å². The number of piperidine rings is 1. The maximum Gasteiger partial charge on any atom is 0.236 e. The molecule has 0 unspecified atom stereocenters. The third-order valence-corrected chi connectivity index (χ3v) is 8.66. The lowest BCUT2D eigenvalue weighted by molar-refractivity contribution is -0.133. The second-order valence-corrected chi connectivity index (χ2v) is 11.1. The lowest BCUT2D eigenvalue weighted by Crippen LogP contribution is -2.44. The molecule has 7 nitrogen and oxygen atoms in total. The van der Waals surface area contributed by atoms with E-state index in [0.29, 0.717) is 26.2 Å². The van der Waals surface area contributed by atoms with Crippen molar-refractivity contribution in [3.05, 3.63) is 0 Å². The van der Waals surface area contributed by atoms with Crippen molar-refractivity contribution >= 4 is 15.9 Å². The molecule has 27 heavy (non-hydrogen) atoms. The summed E-state index contributed by atoms with van der Waals surface area (Å²) in [6.45, 7) is 8.27. The predicted molar refractivity (Wildman–Crippen MR) is 103 cm³/mol. The topological polar surface area (TPSA) is 79.0 Å². The zero-order valence-corrected chi connectivity index (χ0v) is 17.3. The van der Waals surface area contributed by atoms with Crippen LogP contribution in [0.3, 0.4) is 0 Å². The van der Waals surface area contributed by atoms with Crippen molar-refractivity contribution in [1.82, 2.24) is 14.5 Å². The Balaban J connectivity index is 1.37. The molecule has 1 amide bonds. The first-order valence-electron chi connectivity index (χ1n) is 10.5. The Morgan fingerprint density at radius 3 is 2.70 bits per heavy atom. The van der Waals surface area contributed by atoms with Gasteiger partial charge in [-0.2, -0.15) is 0 Å². The van der Waals surface area contributed by atoms with Crippen LogP contribution in [0, 0.1) is 17.8 Å². The molecule has 1 spiro atoms. The van der Waals surface area contributed by atoms with E-state index in [1.807, 2.05) is 4.90 Å². The van der Waals surface area contributed by atoms with Gasteiger partial charge in [-0.25, -0.2) is 13.1 Å². The first-order valence-corrected chi connectivity index (χ1v) is 12.1. The lowest BCUT2D eigenvalue weighted by atomic mass is 9.74. The molecule has 154 valence electrons. The molecule has 0 radical (unpaired) electrons. The van der Waals surface area contributed by atoms with Gasteiger partial charge < -0.3 is 9.64 Å². The fourth-order valence-corrected chi connectivity index (χ4v) is 6.14. The Morgan fingerprint density at radius 1 is 1.26 bits per heavy atom. The summed E-state index contributed by atoms with van der Waals surface area (Å²) in [4.78, 5) is 17.1. The molecule has 8 heteroatoms. The molecule has 0 aliphatic carbocycles. The molecule has 4 aliphatic rings. The standard InChI is InChI=1S/C19H33N3O4S/c1-3-27(24,25)20-10-15-16-11-22(13-19(16)7-4-17(15)26-19)18(23)12-21-8-5-14(2)6-9-21/h14-17,20H,3-13H2,1-2H3/t15-,16+,17+,19+/m0/s1. The van der Waals surface area contributed by atoms with Gasteiger partial charge in [0.15, 0.2) is 0 Å². The van der Waals surface area contributed by atoms with Gasteiger partial charge >= 0.3 is 0 Å². The Bertz CT molecular complexity index is 676. The normalized spacial score (nSPS) is 37.1. The van der Waals surface area contributed by atoms with Gasteiger partial charge in [0, 0.05) is 24.9 Å².